The summed E-state index contributed by atoms with van der Waals surface area (Å²) < 4.78 is 23.0. The van der Waals surface area contributed by atoms with Gasteiger partial charge in [0.2, 0.25) is 0 Å². The number of halogens is 1. The van der Waals surface area contributed by atoms with E-state index in [1.54, 1.807) is 45.0 Å². The van der Waals surface area contributed by atoms with Gasteiger partial charge in [0, 0.05) is 12.2 Å². The summed E-state index contributed by atoms with van der Waals surface area (Å²) in [7, 11) is 0. The fourth-order valence-electron chi connectivity index (χ4n) is 2.41. The molecule has 2 rings (SSSR count). The van der Waals surface area contributed by atoms with Crippen molar-refractivity contribution in [1.29, 1.82) is 0 Å². The lowest BCUT2D eigenvalue weighted by Gasteiger charge is -2.19. The van der Waals surface area contributed by atoms with Crippen LogP contribution in [0, 0.1) is 5.82 Å². The molecule has 2 amide bonds. The summed E-state index contributed by atoms with van der Waals surface area (Å²) >= 11 is 0. The van der Waals surface area contributed by atoms with Crippen LogP contribution in [0.4, 0.5) is 14.9 Å². The highest BCUT2D eigenvalue weighted by Crippen LogP contribution is 2.14. The highest BCUT2D eigenvalue weighted by Gasteiger charge is 2.17. The number of hydrogen-bond acceptors (Lipinski definition) is 5. The zero-order chi connectivity index (χ0) is 22.1. The molecular formula is C22H25FN2O5. The Kier molecular flexibility index (Phi) is 7.91. The van der Waals surface area contributed by atoms with E-state index in [2.05, 4.69) is 10.6 Å². The molecule has 160 valence electrons. The van der Waals surface area contributed by atoms with E-state index in [1.165, 1.54) is 24.3 Å². The van der Waals surface area contributed by atoms with Crippen LogP contribution >= 0.6 is 0 Å². The summed E-state index contributed by atoms with van der Waals surface area (Å²) in [6, 6.07) is 12.1. The second-order valence-corrected chi connectivity index (χ2v) is 7.51. The average molecular weight is 416 g/mol. The second-order valence-electron chi connectivity index (χ2n) is 7.51. The molecule has 0 aliphatic rings. The molecule has 0 fully saturated rings. The van der Waals surface area contributed by atoms with E-state index >= 15 is 0 Å². The van der Waals surface area contributed by atoms with Gasteiger partial charge >= 0.3 is 12.1 Å². The standard InChI is InChI=1S/C22H25FN2O5/c1-22(2,3)30-21(28)25-18-6-4-5-16(13-18)20(27)29-14-19(26)24-12-11-15-7-9-17(23)10-8-15/h4-10,13H,11-12,14H2,1-3H3,(H,24,26)(H,25,28). The van der Waals surface area contributed by atoms with Gasteiger partial charge in [-0.3, -0.25) is 10.1 Å². The number of rotatable bonds is 7. The first-order chi connectivity index (χ1) is 14.1. The van der Waals surface area contributed by atoms with Crippen LogP contribution in [0.25, 0.3) is 0 Å². The Morgan fingerprint density at radius 3 is 2.40 bits per heavy atom. The van der Waals surface area contributed by atoms with E-state index in [0.717, 1.165) is 5.56 Å². The van der Waals surface area contributed by atoms with Gasteiger partial charge in [-0.25, -0.2) is 14.0 Å². The van der Waals surface area contributed by atoms with E-state index in [0.29, 0.717) is 18.7 Å². The van der Waals surface area contributed by atoms with Gasteiger partial charge in [0.05, 0.1) is 5.56 Å². The van der Waals surface area contributed by atoms with E-state index < -0.39 is 30.2 Å². The normalized spacial score (nSPS) is 10.8. The van der Waals surface area contributed by atoms with E-state index in [1.807, 2.05) is 0 Å². The molecule has 0 aliphatic heterocycles. The molecule has 0 heterocycles. The number of ether oxygens (including phenoxy) is 2. The van der Waals surface area contributed by atoms with Gasteiger partial charge < -0.3 is 14.8 Å². The van der Waals surface area contributed by atoms with Crippen molar-refractivity contribution in [2.45, 2.75) is 32.8 Å². The van der Waals surface area contributed by atoms with Crippen LogP contribution in [0.15, 0.2) is 48.5 Å². The number of carbonyl (C=O) groups excluding carboxylic acids is 3. The van der Waals surface area contributed by atoms with Crippen LogP contribution in [0.5, 0.6) is 0 Å². The summed E-state index contributed by atoms with van der Waals surface area (Å²) in [5, 5.41) is 5.16. The first-order valence-electron chi connectivity index (χ1n) is 9.41. The van der Waals surface area contributed by atoms with E-state index in [-0.39, 0.29) is 11.4 Å². The highest BCUT2D eigenvalue weighted by atomic mass is 19.1. The monoisotopic (exact) mass is 416 g/mol. The van der Waals surface area contributed by atoms with Gasteiger partial charge in [-0.05, 0) is 63.1 Å². The number of amides is 2. The molecule has 0 radical (unpaired) electrons. The maximum Gasteiger partial charge on any atom is 0.412 e. The minimum Gasteiger partial charge on any atom is -0.452 e. The predicted molar refractivity (Wildman–Crippen MR) is 110 cm³/mol. The van der Waals surface area contributed by atoms with Crippen molar-refractivity contribution in [3.05, 3.63) is 65.5 Å². The molecule has 2 aromatic rings. The summed E-state index contributed by atoms with van der Waals surface area (Å²) in [5.41, 5.74) is 0.776. The van der Waals surface area contributed by atoms with Gasteiger partial charge in [-0.2, -0.15) is 0 Å². The third-order valence-electron chi connectivity index (χ3n) is 3.73. The van der Waals surface area contributed by atoms with Gasteiger partial charge in [0.25, 0.3) is 5.91 Å². The number of benzene rings is 2. The molecule has 2 N–H and O–H groups in total. The molecule has 8 heteroatoms. The molecule has 0 saturated heterocycles. The Morgan fingerprint density at radius 2 is 1.73 bits per heavy atom. The Balaban J connectivity index is 1.77. The third kappa shape index (κ3) is 8.30. The number of nitrogens with one attached hydrogen (secondary N) is 2. The van der Waals surface area contributed by atoms with Crippen LogP contribution < -0.4 is 10.6 Å². The molecule has 0 saturated carbocycles. The van der Waals surface area contributed by atoms with Crippen LogP contribution in [0.2, 0.25) is 0 Å². The number of anilines is 1. The van der Waals surface area contributed by atoms with Crippen LogP contribution in [-0.4, -0.2) is 36.7 Å². The minimum absolute atomic E-state index is 0.183. The van der Waals surface area contributed by atoms with Crippen molar-refractivity contribution < 1.29 is 28.2 Å². The van der Waals surface area contributed by atoms with Crippen LogP contribution in [0.1, 0.15) is 36.7 Å². The summed E-state index contributed by atoms with van der Waals surface area (Å²) in [5.74, 6) is -1.47. The molecular weight excluding hydrogens is 391 g/mol. The SMILES string of the molecule is CC(C)(C)OC(=O)Nc1cccc(C(=O)OCC(=O)NCCc2ccc(F)cc2)c1. The van der Waals surface area contributed by atoms with Gasteiger partial charge in [0.1, 0.15) is 11.4 Å². The molecule has 0 bridgehead atoms. The average Bonchev–Trinajstić information content (AvgIpc) is 2.66. The van der Waals surface area contributed by atoms with Crippen LogP contribution in [0.3, 0.4) is 0 Å². The van der Waals surface area contributed by atoms with E-state index in [4.69, 9.17) is 9.47 Å². The van der Waals surface area contributed by atoms with Crippen molar-refractivity contribution in [2.75, 3.05) is 18.5 Å². The summed E-state index contributed by atoms with van der Waals surface area (Å²) in [6.07, 6.45) is -0.119. The third-order valence-corrected chi connectivity index (χ3v) is 3.73. The highest BCUT2D eigenvalue weighted by molar-refractivity contribution is 5.93. The van der Waals surface area contributed by atoms with Crippen molar-refractivity contribution >= 4 is 23.7 Å². The summed E-state index contributed by atoms with van der Waals surface area (Å²) in [4.78, 5) is 35.8. The number of hydrogen-bond donors (Lipinski definition) is 2. The fraction of sp³-hybridized carbons (Fsp3) is 0.318. The van der Waals surface area contributed by atoms with E-state index in [9.17, 15) is 18.8 Å². The lowest BCUT2D eigenvalue weighted by molar-refractivity contribution is -0.124. The second kappa shape index (κ2) is 10.4. The van der Waals surface area contributed by atoms with Gasteiger partial charge in [-0.1, -0.05) is 18.2 Å². The Hall–Kier alpha value is -3.42. The number of esters is 1. The zero-order valence-corrected chi connectivity index (χ0v) is 17.2. The Bertz CT molecular complexity index is 891. The van der Waals surface area contributed by atoms with Crippen LogP contribution in [-0.2, 0) is 20.7 Å². The topological polar surface area (TPSA) is 93.7 Å². The fourth-order valence-corrected chi connectivity index (χ4v) is 2.41. The molecule has 0 unspecified atom stereocenters. The number of carbonyl (C=O) groups is 3. The lowest BCUT2D eigenvalue weighted by Crippen LogP contribution is -2.30. The molecule has 0 aliphatic carbocycles. The van der Waals surface area contributed by atoms with Crippen molar-refractivity contribution in [2.24, 2.45) is 0 Å². The molecule has 0 atom stereocenters. The largest absolute Gasteiger partial charge is 0.452 e. The zero-order valence-electron chi connectivity index (χ0n) is 17.2. The van der Waals surface area contributed by atoms with Gasteiger partial charge in [-0.15, -0.1) is 0 Å². The Morgan fingerprint density at radius 1 is 1.03 bits per heavy atom. The molecule has 0 aromatic heterocycles. The molecule has 0 spiro atoms. The van der Waals surface area contributed by atoms with Crippen molar-refractivity contribution in [1.82, 2.24) is 5.32 Å². The lowest BCUT2D eigenvalue weighted by atomic mass is 10.1. The Labute approximate surface area is 174 Å². The minimum atomic E-state index is -0.698. The van der Waals surface area contributed by atoms with Crippen molar-refractivity contribution in [3.8, 4) is 0 Å². The first-order valence-corrected chi connectivity index (χ1v) is 9.41. The van der Waals surface area contributed by atoms with Gasteiger partial charge in [0.15, 0.2) is 6.61 Å². The maximum atomic E-state index is 12.9. The predicted octanol–water partition coefficient (Wildman–Crippen LogP) is 3.69. The molecule has 30 heavy (non-hydrogen) atoms. The summed E-state index contributed by atoms with van der Waals surface area (Å²) in [6.45, 7) is 5.12. The smallest absolute Gasteiger partial charge is 0.412 e. The first kappa shape index (κ1) is 22.9. The quantitative estimate of drug-likeness (QED) is 0.672. The van der Waals surface area contributed by atoms with Crippen molar-refractivity contribution in [3.63, 3.8) is 0 Å². The molecule has 7 nitrogen and oxygen atoms in total. The maximum absolute atomic E-state index is 12.9. The molecule has 2 aromatic carbocycles.